The molecule has 1 saturated carbocycles. The van der Waals surface area contributed by atoms with Crippen LogP contribution in [0.2, 0.25) is 0 Å². The van der Waals surface area contributed by atoms with Gasteiger partial charge in [-0.15, -0.1) is 0 Å². The molecule has 1 N–H and O–H groups in total. The van der Waals surface area contributed by atoms with Crippen LogP contribution in [0.4, 0.5) is 10.1 Å². The third-order valence-electron chi connectivity index (χ3n) is 7.69. The second kappa shape index (κ2) is 13.3. The number of halogens is 1. The lowest BCUT2D eigenvalue weighted by molar-refractivity contribution is -0.140. The topological polar surface area (TPSA) is 86.8 Å². The van der Waals surface area contributed by atoms with Crippen molar-refractivity contribution >= 4 is 27.5 Å². The van der Waals surface area contributed by atoms with Gasteiger partial charge in [0.25, 0.3) is 10.0 Å². The Labute approximate surface area is 242 Å². The number of benzene rings is 3. The van der Waals surface area contributed by atoms with E-state index < -0.39 is 34.3 Å². The largest absolute Gasteiger partial charge is 0.352 e. The van der Waals surface area contributed by atoms with Crippen molar-refractivity contribution < 1.29 is 22.4 Å². The molecule has 7 nitrogen and oxygen atoms in total. The summed E-state index contributed by atoms with van der Waals surface area (Å²) in [6, 6.07) is 18.3. The average molecular weight is 580 g/mol. The molecule has 0 spiro atoms. The highest BCUT2D eigenvalue weighted by Crippen LogP contribution is 2.26. The molecule has 1 unspecified atom stereocenters. The molecule has 0 radical (unpaired) electrons. The molecule has 1 aliphatic carbocycles. The Balaban J connectivity index is 1.72. The van der Waals surface area contributed by atoms with Crippen molar-refractivity contribution in [3.63, 3.8) is 0 Å². The number of hydrogen-bond acceptors (Lipinski definition) is 4. The summed E-state index contributed by atoms with van der Waals surface area (Å²) in [4.78, 5) is 29.0. The third-order valence-corrected chi connectivity index (χ3v) is 9.48. The standard InChI is InChI=1S/C32H38FN3O4S/c1-4-30(32(38)34-27-11-7-8-12-27)35(21-25-10-6-5-9-24(25)3)31(37)22-36(28-17-13-23(2)14-18-28)41(39,40)29-19-15-26(33)16-20-29/h5-6,9-10,13-20,27,30H,4,7-8,11-12,21-22H2,1-3H3,(H,34,38). The number of anilines is 1. The van der Waals surface area contributed by atoms with E-state index in [0.29, 0.717) is 12.1 Å². The van der Waals surface area contributed by atoms with Crippen LogP contribution < -0.4 is 9.62 Å². The number of amides is 2. The quantitative estimate of drug-likeness (QED) is 0.325. The van der Waals surface area contributed by atoms with Crippen LogP contribution in [0.15, 0.2) is 77.7 Å². The highest BCUT2D eigenvalue weighted by Gasteiger charge is 2.34. The van der Waals surface area contributed by atoms with Crippen LogP contribution in [0.1, 0.15) is 55.7 Å². The lowest BCUT2D eigenvalue weighted by Crippen LogP contribution is -2.53. The molecule has 4 rings (SSSR count). The van der Waals surface area contributed by atoms with Crippen molar-refractivity contribution in [2.24, 2.45) is 0 Å². The first-order valence-electron chi connectivity index (χ1n) is 14.1. The molecule has 41 heavy (non-hydrogen) atoms. The monoisotopic (exact) mass is 579 g/mol. The molecular weight excluding hydrogens is 541 g/mol. The molecular formula is C32H38FN3O4S. The number of nitrogens with one attached hydrogen (secondary N) is 1. The number of rotatable bonds is 11. The SMILES string of the molecule is CCC(C(=O)NC1CCCC1)N(Cc1ccccc1C)C(=O)CN(c1ccc(C)cc1)S(=O)(=O)c1ccc(F)cc1. The van der Waals surface area contributed by atoms with Crippen molar-refractivity contribution in [3.8, 4) is 0 Å². The third kappa shape index (κ3) is 7.33. The predicted octanol–water partition coefficient (Wildman–Crippen LogP) is 5.50. The van der Waals surface area contributed by atoms with Crippen LogP contribution in [-0.2, 0) is 26.2 Å². The van der Waals surface area contributed by atoms with Crippen molar-refractivity contribution in [1.82, 2.24) is 10.2 Å². The molecule has 1 aliphatic rings. The molecule has 9 heteroatoms. The van der Waals surface area contributed by atoms with Crippen molar-refractivity contribution in [2.75, 3.05) is 10.8 Å². The molecule has 0 bridgehead atoms. The van der Waals surface area contributed by atoms with Gasteiger partial charge in [-0.3, -0.25) is 13.9 Å². The van der Waals surface area contributed by atoms with Gasteiger partial charge < -0.3 is 10.2 Å². The number of nitrogens with zero attached hydrogens (tertiary/aromatic N) is 2. The number of sulfonamides is 1. The number of carbonyl (C=O) groups excluding carboxylic acids is 2. The van der Waals surface area contributed by atoms with Crippen LogP contribution in [0.5, 0.6) is 0 Å². The Hall–Kier alpha value is -3.72. The van der Waals surface area contributed by atoms with Crippen LogP contribution in [0.3, 0.4) is 0 Å². The Morgan fingerprint density at radius 3 is 2.20 bits per heavy atom. The summed E-state index contributed by atoms with van der Waals surface area (Å²) in [6.07, 6.45) is 4.29. The van der Waals surface area contributed by atoms with E-state index in [9.17, 15) is 22.4 Å². The van der Waals surface area contributed by atoms with Crippen LogP contribution in [-0.4, -0.2) is 43.8 Å². The smallest absolute Gasteiger partial charge is 0.264 e. The second-order valence-corrected chi connectivity index (χ2v) is 12.5. The van der Waals surface area contributed by atoms with Gasteiger partial charge in [-0.2, -0.15) is 0 Å². The van der Waals surface area contributed by atoms with Gasteiger partial charge in [-0.1, -0.05) is 61.7 Å². The molecule has 0 aromatic heterocycles. The summed E-state index contributed by atoms with van der Waals surface area (Å²) in [7, 11) is -4.25. The van der Waals surface area contributed by atoms with Gasteiger partial charge in [-0.05, 0) is 80.6 Å². The van der Waals surface area contributed by atoms with E-state index in [-0.39, 0.29) is 23.4 Å². The summed E-state index contributed by atoms with van der Waals surface area (Å²) >= 11 is 0. The fraction of sp³-hybridized carbons (Fsp3) is 0.375. The van der Waals surface area contributed by atoms with Gasteiger partial charge in [0.15, 0.2) is 0 Å². The summed E-state index contributed by atoms with van der Waals surface area (Å²) < 4.78 is 42.4. The Morgan fingerprint density at radius 1 is 0.951 bits per heavy atom. The zero-order chi connectivity index (χ0) is 29.6. The highest BCUT2D eigenvalue weighted by molar-refractivity contribution is 7.92. The van der Waals surface area contributed by atoms with E-state index in [0.717, 1.165) is 58.8 Å². The lowest BCUT2D eigenvalue weighted by Gasteiger charge is -2.34. The minimum absolute atomic E-state index is 0.0786. The molecule has 0 saturated heterocycles. The minimum atomic E-state index is -4.25. The average Bonchev–Trinajstić information content (AvgIpc) is 3.46. The van der Waals surface area contributed by atoms with Crippen molar-refractivity contribution in [2.45, 2.75) is 76.4 Å². The second-order valence-electron chi connectivity index (χ2n) is 10.7. The number of carbonyl (C=O) groups is 2. The summed E-state index contributed by atoms with van der Waals surface area (Å²) in [5.41, 5.74) is 3.06. The zero-order valence-electron chi connectivity index (χ0n) is 23.8. The van der Waals surface area contributed by atoms with Crippen LogP contribution in [0.25, 0.3) is 0 Å². The Morgan fingerprint density at radius 2 is 1.59 bits per heavy atom. The maximum absolute atomic E-state index is 14.2. The molecule has 3 aromatic rings. The number of hydrogen-bond donors (Lipinski definition) is 1. The summed E-state index contributed by atoms with van der Waals surface area (Å²) in [5.74, 6) is -1.30. The van der Waals surface area contributed by atoms with E-state index >= 15 is 0 Å². The lowest BCUT2D eigenvalue weighted by atomic mass is 10.1. The summed E-state index contributed by atoms with van der Waals surface area (Å²) in [5, 5.41) is 3.12. The zero-order valence-corrected chi connectivity index (χ0v) is 24.7. The van der Waals surface area contributed by atoms with Gasteiger partial charge in [0, 0.05) is 12.6 Å². The molecule has 2 amide bonds. The van der Waals surface area contributed by atoms with Crippen molar-refractivity contribution in [1.29, 1.82) is 0 Å². The molecule has 0 aliphatic heterocycles. The Kier molecular flexibility index (Phi) is 9.81. The van der Waals surface area contributed by atoms with Crippen molar-refractivity contribution in [3.05, 3.63) is 95.3 Å². The van der Waals surface area contributed by atoms with Gasteiger partial charge >= 0.3 is 0 Å². The van der Waals surface area contributed by atoms with E-state index in [4.69, 9.17) is 0 Å². The normalized spacial score (nSPS) is 14.4. The van der Waals surface area contributed by atoms with Gasteiger partial charge in [0.05, 0.1) is 10.6 Å². The fourth-order valence-electron chi connectivity index (χ4n) is 5.23. The maximum atomic E-state index is 14.2. The van der Waals surface area contributed by atoms with Crippen LogP contribution >= 0.6 is 0 Å². The minimum Gasteiger partial charge on any atom is -0.352 e. The van der Waals surface area contributed by atoms with E-state index in [1.54, 1.807) is 24.3 Å². The van der Waals surface area contributed by atoms with Crippen LogP contribution in [0, 0.1) is 19.7 Å². The first-order chi connectivity index (χ1) is 19.6. The molecule has 1 fully saturated rings. The first-order valence-corrected chi connectivity index (χ1v) is 15.5. The van der Waals surface area contributed by atoms with Gasteiger partial charge in [-0.25, -0.2) is 12.8 Å². The molecule has 0 heterocycles. The summed E-state index contributed by atoms with van der Waals surface area (Å²) in [6.45, 7) is 5.30. The van der Waals surface area contributed by atoms with Gasteiger partial charge in [0.1, 0.15) is 18.4 Å². The van der Waals surface area contributed by atoms with E-state index in [1.807, 2.05) is 45.0 Å². The fourth-order valence-corrected chi connectivity index (χ4v) is 6.65. The molecule has 218 valence electrons. The number of aryl methyl sites for hydroxylation is 2. The van der Waals surface area contributed by atoms with E-state index in [2.05, 4.69) is 5.32 Å². The maximum Gasteiger partial charge on any atom is 0.264 e. The van der Waals surface area contributed by atoms with Gasteiger partial charge in [0.2, 0.25) is 11.8 Å². The molecule has 3 aromatic carbocycles. The Bertz CT molecular complexity index is 1450. The molecule has 1 atom stereocenters. The predicted molar refractivity (Wildman–Crippen MR) is 158 cm³/mol. The first kappa shape index (κ1) is 30.2. The highest BCUT2D eigenvalue weighted by atomic mass is 32.2. The van der Waals surface area contributed by atoms with E-state index in [1.165, 1.54) is 17.0 Å².